The lowest BCUT2D eigenvalue weighted by Gasteiger charge is -2.27. The van der Waals surface area contributed by atoms with E-state index in [1.165, 1.54) is 38.5 Å². The summed E-state index contributed by atoms with van der Waals surface area (Å²) in [6, 6.07) is 0. The zero-order chi connectivity index (χ0) is 12.6. The van der Waals surface area contributed by atoms with Crippen LogP contribution in [0.25, 0.3) is 0 Å². The van der Waals surface area contributed by atoms with Crippen LogP contribution in [0.2, 0.25) is 0 Å². The fraction of sp³-hybridized carbons (Fsp3) is 1.00. The maximum atomic E-state index is 2.45. The molecule has 0 heteroatoms. The van der Waals surface area contributed by atoms with Crippen LogP contribution in [0.4, 0.5) is 0 Å². The van der Waals surface area contributed by atoms with Gasteiger partial charge in [-0.2, -0.15) is 0 Å². The van der Waals surface area contributed by atoms with E-state index >= 15 is 0 Å². The third-order valence-corrected chi connectivity index (χ3v) is 3.98. The smallest absolute Gasteiger partial charge is 0.0384 e. The van der Waals surface area contributed by atoms with E-state index in [4.69, 9.17) is 0 Å². The van der Waals surface area contributed by atoms with Crippen molar-refractivity contribution in [1.82, 2.24) is 0 Å². The van der Waals surface area contributed by atoms with E-state index in [0.717, 1.165) is 23.7 Å². The van der Waals surface area contributed by atoms with Crippen LogP contribution in [-0.2, 0) is 0 Å². The number of hydrogen-bond acceptors (Lipinski definition) is 0. The van der Waals surface area contributed by atoms with E-state index in [9.17, 15) is 0 Å². The van der Waals surface area contributed by atoms with Crippen LogP contribution in [0.5, 0.6) is 0 Å². The molecule has 0 aliphatic heterocycles. The molecule has 0 saturated carbocycles. The van der Waals surface area contributed by atoms with Gasteiger partial charge >= 0.3 is 0 Å². The first-order valence-electron chi connectivity index (χ1n) is 7.51. The van der Waals surface area contributed by atoms with Gasteiger partial charge in [0, 0.05) is 0 Å². The highest BCUT2D eigenvalue weighted by Crippen LogP contribution is 2.30. The van der Waals surface area contributed by atoms with Gasteiger partial charge in [0.05, 0.1) is 0 Å². The second-order valence-corrected chi connectivity index (χ2v) is 6.26. The SMILES string of the molecule is CCCCC(C)CC(CC(C)C)C(C)CC. The third kappa shape index (κ3) is 7.30. The van der Waals surface area contributed by atoms with E-state index in [2.05, 4.69) is 41.5 Å². The standard InChI is InChI=1S/C16H34/c1-7-9-10-14(5)12-16(11-13(3)4)15(6)8-2/h13-16H,7-12H2,1-6H3. The molecule has 0 aromatic heterocycles. The van der Waals surface area contributed by atoms with Crippen LogP contribution in [0.3, 0.4) is 0 Å². The molecule has 0 fully saturated rings. The Kier molecular flexibility index (Phi) is 9.07. The predicted molar refractivity (Wildman–Crippen MR) is 75.7 cm³/mol. The Morgan fingerprint density at radius 3 is 1.94 bits per heavy atom. The van der Waals surface area contributed by atoms with Gasteiger partial charge in [0.1, 0.15) is 0 Å². The average Bonchev–Trinajstić information content (AvgIpc) is 2.23. The summed E-state index contributed by atoms with van der Waals surface area (Å²) in [6.07, 6.45) is 8.41. The van der Waals surface area contributed by atoms with Crippen molar-refractivity contribution in [3.8, 4) is 0 Å². The largest absolute Gasteiger partial charge is 0.0654 e. The average molecular weight is 226 g/mol. The highest BCUT2D eigenvalue weighted by atomic mass is 14.2. The number of hydrogen-bond donors (Lipinski definition) is 0. The van der Waals surface area contributed by atoms with Crippen molar-refractivity contribution in [2.75, 3.05) is 0 Å². The maximum absolute atomic E-state index is 2.45. The molecule has 0 nitrogen and oxygen atoms in total. The Morgan fingerprint density at radius 2 is 1.50 bits per heavy atom. The van der Waals surface area contributed by atoms with Crippen LogP contribution in [0.1, 0.15) is 80.1 Å². The number of rotatable bonds is 9. The molecule has 0 radical (unpaired) electrons. The van der Waals surface area contributed by atoms with E-state index in [-0.39, 0.29) is 0 Å². The summed E-state index contributed by atoms with van der Waals surface area (Å²) in [7, 11) is 0. The van der Waals surface area contributed by atoms with E-state index in [0.29, 0.717) is 0 Å². The molecule has 0 amide bonds. The molecule has 0 spiro atoms. The van der Waals surface area contributed by atoms with Crippen molar-refractivity contribution in [2.24, 2.45) is 23.7 Å². The summed E-state index contributed by atoms with van der Waals surface area (Å²) in [5.74, 6) is 3.65. The van der Waals surface area contributed by atoms with Gasteiger partial charge in [0.15, 0.2) is 0 Å². The summed E-state index contributed by atoms with van der Waals surface area (Å²) in [5.41, 5.74) is 0. The quantitative estimate of drug-likeness (QED) is 0.458. The minimum absolute atomic E-state index is 0.859. The molecule has 0 rings (SSSR count). The minimum atomic E-state index is 0.859. The van der Waals surface area contributed by atoms with Gasteiger partial charge in [0.2, 0.25) is 0 Å². The van der Waals surface area contributed by atoms with Crippen molar-refractivity contribution in [1.29, 1.82) is 0 Å². The molecule has 0 aliphatic carbocycles. The molecule has 98 valence electrons. The van der Waals surface area contributed by atoms with Crippen molar-refractivity contribution in [2.45, 2.75) is 80.1 Å². The summed E-state index contributed by atoms with van der Waals surface area (Å²) in [6.45, 7) is 14.3. The maximum Gasteiger partial charge on any atom is -0.0384 e. The fourth-order valence-corrected chi connectivity index (χ4v) is 2.69. The zero-order valence-electron chi connectivity index (χ0n) is 12.6. The zero-order valence-corrected chi connectivity index (χ0v) is 12.6. The van der Waals surface area contributed by atoms with Gasteiger partial charge in [-0.25, -0.2) is 0 Å². The molecule has 3 unspecified atom stereocenters. The molecule has 3 atom stereocenters. The molecule has 0 aromatic rings. The fourth-order valence-electron chi connectivity index (χ4n) is 2.69. The molecular formula is C16H34. The molecule has 0 N–H and O–H groups in total. The second-order valence-electron chi connectivity index (χ2n) is 6.26. The van der Waals surface area contributed by atoms with E-state index < -0.39 is 0 Å². The highest BCUT2D eigenvalue weighted by molar-refractivity contribution is 4.70. The van der Waals surface area contributed by atoms with Crippen LogP contribution < -0.4 is 0 Å². The lowest BCUT2D eigenvalue weighted by Crippen LogP contribution is -2.17. The second kappa shape index (κ2) is 9.07. The first kappa shape index (κ1) is 16.0. The van der Waals surface area contributed by atoms with Crippen LogP contribution in [0, 0.1) is 23.7 Å². The van der Waals surface area contributed by atoms with Crippen molar-refractivity contribution in [3.05, 3.63) is 0 Å². The Labute approximate surface area is 104 Å². The van der Waals surface area contributed by atoms with Gasteiger partial charge in [-0.3, -0.25) is 0 Å². The molecule has 0 aromatic carbocycles. The predicted octanol–water partition coefficient (Wildman–Crippen LogP) is 5.91. The van der Waals surface area contributed by atoms with Crippen LogP contribution in [-0.4, -0.2) is 0 Å². The Hall–Kier alpha value is 0. The summed E-state index contributed by atoms with van der Waals surface area (Å²) in [4.78, 5) is 0. The highest BCUT2D eigenvalue weighted by Gasteiger charge is 2.19. The van der Waals surface area contributed by atoms with Gasteiger partial charge in [-0.05, 0) is 36.5 Å². The van der Waals surface area contributed by atoms with E-state index in [1.54, 1.807) is 0 Å². The summed E-state index contributed by atoms with van der Waals surface area (Å²) < 4.78 is 0. The van der Waals surface area contributed by atoms with Crippen molar-refractivity contribution < 1.29 is 0 Å². The first-order chi connectivity index (χ1) is 7.51. The molecule has 0 bridgehead atoms. The summed E-state index contributed by atoms with van der Waals surface area (Å²) in [5, 5.41) is 0. The van der Waals surface area contributed by atoms with Gasteiger partial charge in [-0.1, -0.05) is 67.2 Å². The third-order valence-electron chi connectivity index (χ3n) is 3.98. The number of unbranched alkanes of at least 4 members (excludes halogenated alkanes) is 1. The lowest BCUT2D eigenvalue weighted by atomic mass is 9.78. The monoisotopic (exact) mass is 226 g/mol. The molecule has 0 saturated heterocycles. The van der Waals surface area contributed by atoms with Gasteiger partial charge in [-0.15, -0.1) is 0 Å². The molecule has 0 aliphatic rings. The topological polar surface area (TPSA) is 0 Å². The van der Waals surface area contributed by atoms with E-state index in [1.807, 2.05) is 0 Å². The Balaban J connectivity index is 4.08. The van der Waals surface area contributed by atoms with Gasteiger partial charge < -0.3 is 0 Å². The van der Waals surface area contributed by atoms with Gasteiger partial charge in [0.25, 0.3) is 0 Å². The van der Waals surface area contributed by atoms with Crippen LogP contribution in [0.15, 0.2) is 0 Å². The molecule has 16 heavy (non-hydrogen) atoms. The summed E-state index contributed by atoms with van der Waals surface area (Å²) >= 11 is 0. The first-order valence-corrected chi connectivity index (χ1v) is 7.51. The minimum Gasteiger partial charge on any atom is -0.0654 e. The Morgan fingerprint density at radius 1 is 0.875 bits per heavy atom. The molecule has 0 heterocycles. The van der Waals surface area contributed by atoms with Crippen LogP contribution >= 0.6 is 0 Å². The Bertz CT molecular complexity index is 148. The lowest BCUT2D eigenvalue weighted by molar-refractivity contribution is 0.236. The molecular weight excluding hydrogens is 192 g/mol. The van der Waals surface area contributed by atoms with Crippen molar-refractivity contribution in [3.63, 3.8) is 0 Å². The normalized spacial score (nSPS) is 17.4. The van der Waals surface area contributed by atoms with Crippen molar-refractivity contribution >= 4 is 0 Å².